The van der Waals surface area contributed by atoms with Gasteiger partial charge >= 0.3 is 0 Å². The van der Waals surface area contributed by atoms with Crippen LogP contribution in [0.25, 0.3) is 0 Å². The third kappa shape index (κ3) is 5.72. The molecule has 0 aliphatic carbocycles. The summed E-state index contributed by atoms with van der Waals surface area (Å²) >= 11 is 3.47. The van der Waals surface area contributed by atoms with Crippen molar-refractivity contribution in [1.82, 2.24) is 0 Å². The number of nitrogens with zero attached hydrogens (tertiary/aromatic N) is 2. The van der Waals surface area contributed by atoms with Gasteiger partial charge in [0.25, 0.3) is 0 Å². The molecule has 0 radical (unpaired) electrons. The Morgan fingerprint density at radius 2 is 2.08 bits per heavy atom. The first-order valence-corrected chi connectivity index (χ1v) is 9.35. The number of phenolic OH excluding ortho intramolecular Hbond substituents is 1. The fourth-order valence-corrected chi connectivity index (χ4v) is 3.08. The standard InChI is InChI=1S/C17H18IN3O2S/c1-2-23-15-9-13(8-14(18)16(15)22)10-20-21-17(19)24-11-12-6-4-3-5-7-12/h3-10,22H,2,11H2,1H3,(H2,19,21). The first-order chi connectivity index (χ1) is 11.6. The third-order valence-corrected chi connectivity index (χ3v) is 4.62. The Hall–Kier alpha value is -1.74. The van der Waals surface area contributed by atoms with E-state index in [0.29, 0.717) is 21.1 Å². The van der Waals surface area contributed by atoms with Gasteiger partial charge in [-0.3, -0.25) is 0 Å². The maximum absolute atomic E-state index is 9.92. The van der Waals surface area contributed by atoms with Gasteiger partial charge in [0, 0.05) is 5.75 Å². The summed E-state index contributed by atoms with van der Waals surface area (Å²) in [5.74, 6) is 1.31. The molecular weight excluding hydrogens is 437 g/mol. The second-order valence-corrected chi connectivity index (χ2v) is 6.90. The zero-order valence-corrected chi connectivity index (χ0v) is 16.1. The molecule has 24 heavy (non-hydrogen) atoms. The molecular formula is C17H18IN3O2S. The minimum absolute atomic E-state index is 0.135. The van der Waals surface area contributed by atoms with Crippen LogP contribution in [0.3, 0.4) is 0 Å². The van der Waals surface area contributed by atoms with Gasteiger partial charge in [-0.25, -0.2) is 0 Å². The molecule has 0 heterocycles. The number of thioether (sulfide) groups is 1. The Bertz CT molecular complexity index is 736. The van der Waals surface area contributed by atoms with Gasteiger partial charge in [-0.15, -0.1) is 5.10 Å². The summed E-state index contributed by atoms with van der Waals surface area (Å²) in [5, 5.41) is 18.3. The Balaban J connectivity index is 1.99. The lowest BCUT2D eigenvalue weighted by Crippen LogP contribution is -2.06. The van der Waals surface area contributed by atoms with Crippen molar-refractivity contribution in [2.24, 2.45) is 15.9 Å². The largest absolute Gasteiger partial charge is 0.504 e. The van der Waals surface area contributed by atoms with E-state index in [2.05, 4.69) is 10.2 Å². The number of amidine groups is 1. The molecule has 0 bridgehead atoms. The number of halogens is 1. The van der Waals surface area contributed by atoms with Gasteiger partial charge in [-0.2, -0.15) is 5.10 Å². The van der Waals surface area contributed by atoms with Crippen molar-refractivity contribution >= 4 is 45.7 Å². The zero-order valence-electron chi connectivity index (χ0n) is 13.1. The van der Waals surface area contributed by atoms with E-state index in [9.17, 15) is 5.11 Å². The molecule has 0 aliphatic rings. The first kappa shape index (κ1) is 18.6. The maximum atomic E-state index is 9.92. The lowest BCUT2D eigenvalue weighted by Gasteiger charge is -2.08. The lowest BCUT2D eigenvalue weighted by molar-refractivity contribution is 0.317. The second-order valence-electron chi connectivity index (χ2n) is 4.74. The molecule has 0 saturated carbocycles. The Kier molecular flexibility index (Phi) is 7.38. The monoisotopic (exact) mass is 455 g/mol. The van der Waals surface area contributed by atoms with Crippen LogP contribution in [0.2, 0.25) is 0 Å². The highest BCUT2D eigenvalue weighted by Gasteiger charge is 2.08. The van der Waals surface area contributed by atoms with Crippen molar-refractivity contribution in [3.05, 3.63) is 57.2 Å². The van der Waals surface area contributed by atoms with E-state index in [4.69, 9.17) is 10.5 Å². The topological polar surface area (TPSA) is 80.2 Å². The van der Waals surface area contributed by atoms with Crippen LogP contribution < -0.4 is 10.5 Å². The number of aromatic hydroxyl groups is 1. The molecule has 3 N–H and O–H groups in total. The van der Waals surface area contributed by atoms with Crippen LogP contribution >= 0.6 is 34.4 Å². The quantitative estimate of drug-likeness (QED) is 0.299. The maximum Gasteiger partial charge on any atom is 0.180 e. The zero-order chi connectivity index (χ0) is 17.4. The minimum Gasteiger partial charge on any atom is -0.504 e. The highest BCUT2D eigenvalue weighted by atomic mass is 127. The fraction of sp³-hybridized carbons (Fsp3) is 0.176. The number of rotatable bonds is 6. The van der Waals surface area contributed by atoms with Crippen molar-refractivity contribution in [3.63, 3.8) is 0 Å². The van der Waals surface area contributed by atoms with Gasteiger partial charge in [-0.1, -0.05) is 42.1 Å². The normalized spacial score (nSPS) is 11.8. The van der Waals surface area contributed by atoms with Crippen LogP contribution in [0, 0.1) is 3.57 Å². The molecule has 2 aromatic carbocycles. The predicted molar refractivity (Wildman–Crippen MR) is 109 cm³/mol. The van der Waals surface area contributed by atoms with Crippen molar-refractivity contribution in [2.45, 2.75) is 12.7 Å². The van der Waals surface area contributed by atoms with E-state index in [-0.39, 0.29) is 5.75 Å². The predicted octanol–water partition coefficient (Wildman–Crippen LogP) is 3.98. The van der Waals surface area contributed by atoms with E-state index in [0.717, 1.165) is 11.3 Å². The molecule has 126 valence electrons. The molecule has 0 spiro atoms. The third-order valence-electron chi connectivity index (χ3n) is 2.94. The van der Waals surface area contributed by atoms with E-state index in [1.165, 1.54) is 17.3 Å². The molecule has 7 heteroatoms. The molecule has 2 rings (SSSR count). The number of ether oxygens (including phenoxy) is 1. The van der Waals surface area contributed by atoms with Gasteiger partial charge in [-0.05, 0) is 52.8 Å². The lowest BCUT2D eigenvalue weighted by atomic mass is 10.2. The van der Waals surface area contributed by atoms with E-state index in [1.54, 1.807) is 18.3 Å². The van der Waals surface area contributed by atoms with Crippen molar-refractivity contribution in [2.75, 3.05) is 6.61 Å². The van der Waals surface area contributed by atoms with Gasteiger partial charge in [0.05, 0.1) is 16.4 Å². The van der Waals surface area contributed by atoms with Gasteiger partial charge in [0.2, 0.25) is 0 Å². The smallest absolute Gasteiger partial charge is 0.180 e. The molecule has 2 aromatic rings. The molecule has 0 unspecified atom stereocenters. The number of benzene rings is 2. The van der Waals surface area contributed by atoms with Crippen molar-refractivity contribution in [3.8, 4) is 11.5 Å². The molecule has 0 aromatic heterocycles. The second kappa shape index (κ2) is 9.53. The summed E-state index contributed by atoms with van der Waals surface area (Å²) in [6.07, 6.45) is 1.58. The average Bonchev–Trinajstić information content (AvgIpc) is 2.58. The summed E-state index contributed by atoms with van der Waals surface area (Å²) < 4.78 is 6.08. The molecule has 0 aliphatic heterocycles. The fourth-order valence-electron chi connectivity index (χ4n) is 1.85. The van der Waals surface area contributed by atoms with Crippen molar-refractivity contribution < 1.29 is 9.84 Å². The number of hydrogen-bond donors (Lipinski definition) is 2. The number of nitrogens with two attached hydrogens (primary N) is 1. The number of phenols is 1. The highest BCUT2D eigenvalue weighted by molar-refractivity contribution is 14.1. The molecule has 0 atom stereocenters. The van der Waals surface area contributed by atoms with E-state index in [1.807, 2.05) is 59.8 Å². The first-order valence-electron chi connectivity index (χ1n) is 7.28. The highest BCUT2D eigenvalue weighted by Crippen LogP contribution is 2.32. The summed E-state index contributed by atoms with van der Waals surface area (Å²) in [7, 11) is 0. The van der Waals surface area contributed by atoms with Crippen molar-refractivity contribution in [1.29, 1.82) is 0 Å². The Labute approximate surface area is 159 Å². The van der Waals surface area contributed by atoms with Gasteiger partial charge in [0.15, 0.2) is 16.7 Å². The summed E-state index contributed by atoms with van der Waals surface area (Å²) in [4.78, 5) is 0. The number of hydrogen-bond acceptors (Lipinski definition) is 5. The molecule has 5 nitrogen and oxygen atoms in total. The molecule has 0 saturated heterocycles. The van der Waals surface area contributed by atoms with Crippen LogP contribution in [0.1, 0.15) is 18.1 Å². The van der Waals surface area contributed by atoms with E-state index >= 15 is 0 Å². The average molecular weight is 455 g/mol. The van der Waals surface area contributed by atoms with Crippen LogP contribution in [0.4, 0.5) is 0 Å². The van der Waals surface area contributed by atoms with Crippen LogP contribution in [0.15, 0.2) is 52.7 Å². The Morgan fingerprint density at radius 3 is 2.79 bits per heavy atom. The SMILES string of the molecule is CCOc1cc(C=NN=C(N)SCc2ccccc2)cc(I)c1O. The summed E-state index contributed by atoms with van der Waals surface area (Å²) in [6.45, 7) is 2.34. The summed E-state index contributed by atoms with van der Waals surface area (Å²) in [5.41, 5.74) is 7.81. The van der Waals surface area contributed by atoms with Crippen LogP contribution in [-0.4, -0.2) is 23.1 Å². The molecule has 0 fully saturated rings. The van der Waals surface area contributed by atoms with Gasteiger partial charge in [0.1, 0.15) is 0 Å². The Morgan fingerprint density at radius 1 is 1.33 bits per heavy atom. The van der Waals surface area contributed by atoms with Crippen LogP contribution in [0.5, 0.6) is 11.5 Å². The minimum atomic E-state index is 0.135. The van der Waals surface area contributed by atoms with Crippen LogP contribution in [-0.2, 0) is 5.75 Å². The van der Waals surface area contributed by atoms with Gasteiger partial charge < -0.3 is 15.6 Å². The molecule has 0 amide bonds. The van der Waals surface area contributed by atoms with E-state index < -0.39 is 0 Å². The summed E-state index contributed by atoms with van der Waals surface area (Å²) in [6, 6.07) is 13.5.